The van der Waals surface area contributed by atoms with Gasteiger partial charge in [0, 0.05) is 23.7 Å². The number of hydrogen-bond donors (Lipinski definition) is 0. The number of halogens is 1. The van der Waals surface area contributed by atoms with Crippen LogP contribution in [0, 0.1) is 0 Å². The predicted octanol–water partition coefficient (Wildman–Crippen LogP) is 3.82. The highest BCUT2D eigenvalue weighted by molar-refractivity contribution is 7.16. The van der Waals surface area contributed by atoms with Gasteiger partial charge >= 0.3 is 0 Å². The van der Waals surface area contributed by atoms with E-state index in [0.717, 1.165) is 41.7 Å². The molecule has 1 aliphatic rings. The lowest BCUT2D eigenvalue weighted by atomic mass is 10.0. The summed E-state index contributed by atoms with van der Waals surface area (Å²) < 4.78 is 6.07. The molecule has 128 valence electrons. The third kappa shape index (κ3) is 3.91. The van der Waals surface area contributed by atoms with E-state index >= 15 is 0 Å². The van der Waals surface area contributed by atoms with Crippen LogP contribution >= 0.6 is 22.9 Å². The summed E-state index contributed by atoms with van der Waals surface area (Å²) in [5.74, 6) is 0.973. The molecule has 0 saturated carbocycles. The van der Waals surface area contributed by atoms with Crippen LogP contribution in [0.1, 0.15) is 16.9 Å². The summed E-state index contributed by atoms with van der Waals surface area (Å²) in [5.41, 5.74) is 2.20. The lowest BCUT2D eigenvalue weighted by molar-refractivity contribution is -0.119. The fourth-order valence-corrected chi connectivity index (χ4v) is 4.20. The molecule has 0 N–H and O–H groups in total. The monoisotopic (exact) mass is 364 g/mol. The van der Waals surface area contributed by atoms with Crippen LogP contribution in [0.5, 0.6) is 5.75 Å². The summed E-state index contributed by atoms with van der Waals surface area (Å²) in [6.07, 6.45) is 1.97. The van der Waals surface area contributed by atoms with Gasteiger partial charge in [-0.15, -0.1) is 11.3 Å². The lowest BCUT2D eigenvalue weighted by Crippen LogP contribution is -2.41. The molecule has 2 aromatic rings. The normalized spacial score (nSPS) is 13.9. The molecule has 24 heavy (non-hydrogen) atoms. The second-order valence-electron chi connectivity index (χ2n) is 6.02. The fourth-order valence-electron chi connectivity index (χ4n) is 3.03. The summed E-state index contributed by atoms with van der Waals surface area (Å²) in [6, 6.07) is 9.85. The Hall–Kier alpha value is -1.56. The van der Waals surface area contributed by atoms with Crippen LogP contribution in [0.25, 0.3) is 0 Å². The number of anilines is 1. The SMILES string of the molecule is COc1ccc2c(c1)CCCN2C(=O)CN(C)Cc1ccc(Cl)s1. The molecule has 3 rings (SSSR count). The van der Waals surface area contributed by atoms with Crippen molar-refractivity contribution >= 4 is 34.5 Å². The number of fused-ring (bicyclic) bond motifs is 1. The highest BCUT2D eigenvalue weighted by Gasteiger charge is 2.23. The number of nitrogens with zero attached hydrogens (tertiary/aromatic N) is 2. The second-order valence-corrected chi connectivity index (χ2v) is 7.82. The van der Waals surface area contributed by atoms with Crippen molar-refractivity contribution in [2.75, 3.05) is 32.1 Å². The first-order valence-electron chi connectivity index (χ1n) is 7.97. The van der Waals surface area contributed by atoms with E-state index in [2.05, 4.69) is 0 Å². The van der Waals surface area contributed by atoms with E-state index in [0.29, 0.717) is 6.54 Å². The van der Waals surface area contributed by atoms with Gasteiger partial charge in [0.15, 0.2) is 0 Å². The van der Waals surface area contributed by atoms with Gasteiger partial charge in [-0.1, -0.05) is 11.6 Å². The maximum absolute atomic E-state index is 12.8. The lowest BCUT2D eigenvalue weighted by Gasteiger charge is -2.31. The van der Waals surface area contributed by atoms with Crippen LogP contribution in [0.4, 0.5) is 5.69 Å². The van der Waals surface area contributed by atoms with Gasteiger partial charge in [0.2, 0.25) is 5.91 Å². The predicted molar refractivity (Wildman–Crippen MR) is 99.3 cm³/mol. The Morgan fingerprint density at radius 2 is 2.21 bits per heavy atom. The van der Waals surface area contributed by atoms with Crippen molar-refractivity contribution in [3.63, 3.8) is 0 Å². The summed E-state index contributed by atoms with van der Waals surface area (Å²) in [7, 11) is 3.63. The van der Waals surface area contributed by atoms with E-state index < -0.39 is 0 Å². The van der Waals surface area contributed by atoms with Gasteiger partial charge in [0.05, 0.1) is 18.0 Å². The first-order valence-corrected chi connectivity index (χ1v) is 9.16. The molecule has 0 unspecified atom stereocenters. The third-order valence-electron chi connectivity index (χ3n) is 4.17. The van der Waals surface area contributed by atoms with Crippen LogP contribution in [-0.4, -0.2) is 38.1 Å². The molecule has 0 aliphatic carbocycles. The van der Waals surface area contributed by atoms with Gasteiger partial charge in [-0.25, -0.2) is 0 Å². The van der Waals surface area contributed by atoms with E-state index in [-0.39, 0.29) is 5.91 Å². The molecule has 6 heteroatoms. The maximum Gasteiger partial charge on any atom is 0.241 e. The number of carbonyl (C=O) groups is 1. The number of likely N-dealkylation sites (N-methyl/N-ethyl adjacent to an activating group) is 1. The molecule has 1 aromatic carbocycles. The zero-order valence-corrected chi connectivity index (χ0v) is 15.5. The highest BCUT2D eigenvalue weighted by Crippen LogP contribution is 2.30. The number of methoxy groups -OCH3 is 1. The Balaban J connectivity index is 1.67. The number of thiophene rings is 1. The zero-order valence-electron chi connectivity index (χ0n) is 13.9. The number of hydrogen-bond acceptors (Lipinski definition) is 4. The van der Waals surface area contributed by atoms with Crippen molar-refractivity contribution in [2.45, 2.75) is 19.4 Å². The van der Waals surface area contributed by atoms with E-state index in [4.69, 9.17) is 16.3 Å². The first-order chi connectivity index (χ1) is 11.6. The van der Waals surface area contributed by atoms with Gasteiger partial charge in [0.25, 0.3) is 0 Å². The van der Waals surface area contributed by atoms with E-state index in [1.807, 2.05) is 47.2 Å². The average Bonchev–Trinajstić information content (AvgIpc) is 2.98. The fraction of sp³-hybridized carbons (Fsp3) is 0.389. The average molecular weight is 365 g/mol. The maximum atomic E-state index is 12.8. The topological polar surface area (TPSA) is 32.8 Å². The van der Waals surface area contributed by atoms with Gasteiger partial charge in [-0.3, -0.25) is 9.69 Å². The van der Waals surface area contributed by atoms with Crippen molar-refractivity contribution < 1.29 is 9.53 Å². The van der Waals surface area contributed by atoms with Gasteiger partial charge in [-0.05, 0) is 55.8 Å². The molecule has 1 aromatic heterocycles. The molecule has 0 saturated heterocycles. The van der Waals surface area contributed by atoms with Crippen molar-refractivity contribution in [1.82, 2.24) is 4.90 Å². The Morgan fingerprint density at radius 3 is 2.92 bits per heavy atom. The van der Waals surface area contributed by atoms with Crippen LogP contribution < -0.4 is 9.64 Å². The summed E-state index contributed by atoms with van der Waals surface area (Å²) in [5, 5.41) is 0. The number of benzene rings is 1. The summed E-state index contributed by atoms with van der Waals surface area (Å²) in [6.45, 7) is 1.89. The van der Waals surface area contributed by atoms with Gasteiger partial charge in [-0.2, -0.15) is 0 Å². The molecule has 2 heterocycles. The molecule has 0 radical (unpaired) electrons. The van der Waals surface area contributed by atoms with Crippen molar-refractivity contribution in [3.8, 4) is 5.75 Å². The molecular formula is C18H21ClN2O2S. The van der Waals surface area contributed by atoms with E-state index in [1.54, 1.807) is 18.4 Å². The molecule has 0 fully saturated rings. The molecule has 0 atom stereocenters. The van der Waals surface area contributed by atoms with E-state index in [1.165, 1.54) is 10.4 Å². The number of aryl methyl sites for hydroxylation is 1. The van der Waals surface area contributed by atoms with Gasteiger partial charge < -0.3 is 9.64 Å². The number of amides is 1. The summed E-state index contributed by atoms with van der Waals surface area (Å²) >= 11 is 7.52. The largest absolute Gasteiger partial charge is 0.497 e. The number of ether oxygens (including phenoxy) is 1. The third-order valence-corrected chi connectivity index (χ3v) is 5.38. The second kappa shape index (κ2) is 7.55. The minimum Gasteiger partial charge on any atom is -0.497 e. The Morgan fingerprint density at radius 1 is 1.38 bits per heavy atom. The molecule has 4 nitrogen and oxygen atoms in total. The minimum atomic E-state index is 0.131. The molecule has 0 spiro atoms. The number of carbonyl (C=O) groups excluding carboxylic acids is 1. The van der Waals surface area contributed by atoms with Crippen LogP contribution in [0.3, 0.4) is 0 Å². The van der Waals surface area contributed by atoms with E-state index in [9.17, 15) is 4.79 Å². The quantitative estimate of drug-likeness (QED) is 0.808. The smallest absolute Gasteiger partial charge is 0.241 e. The van der Waals surface area contributed by atoms with Crippen molar-refractivity contribution in [1.29, 1.82) is 0 Å². The standard InChI is InChI=1S/C18H21ClN2O2S/c1-20(11-15-6-8-17(19)24-15)12-18(22)21-9-3-4-13-10-14(23-2)5-7-16(13)21/h5-8,10H,3-4,9,11-12H2,1-2H3. The number of rotatable bonds is 5. The first kappa shape index (κ1) is 17.3. The Labute approximate surface area is 151 Å². The Bertz CT molecular complexity index is 732. The zero-order chi connectivity index (χ0) is 17.1. The Kier molecular flexibility index (Phi) is 5.43. The van der Waals surface area contributed by atoms with Crippen molar-refractivity contribution in [2.24, 2.45) is 0 Å². The van der Waals surface area contributed by atoms with Crippen LogP contribution in [0.2, 0.25) is 4.34 Å². The van der Waals surface area contributed by atoms with Crippen molar-refractivity contribution in [3.05, 3.63) is 45.1 Å². The van der Waals surface area contributed by atoms with Crippen LogP contribution in [0.15, 0.2) is 30.3 Å². The minimum absolute atomic E-state index is 0.131. The summed E-state index contributed by atoms with van der Waals surface area (Å²) in [4.78, 5) is 17.8. The van der Waals surface area contributed by atoms with Crippen LogP contribution in [-0.2, 0) is 17.8 Å². The molecule has 0 bridgehead atoms. The highest BCUT2D eigenvalue weighted by atomic mass is 35.5. The van der Waals surface area contributed by atoms with Gasteiger partial charge in [0.1, 0.15) is 5.75 Å². The molecule has 1 aliphatic heterocycles. The molecule has 1 amide bonds. The molecular weight excluding hydrogens is 344 g/mol.